The van der Waals surface area contributed by atoms with E-state index in [0.29, 0.717) is 16.9 Å². The van der Waals surface area contributed by atoms with Crippen LogP contribution in [0, 0.1) is 0 Å². The number of rotatable bonds is 4. The second kappa shape index (κ2) is 6.53. The number of aromatic nitrogens is 5. The molecule has 0 spiro atoms. The van der Waals surface area contributed by atoms with Crippen LogP contribution >= 0.6 is 0 Å². The molecule has 1 aliphatic carbocycles. The Morgan fingerprint density at radius 1 is 1.27 bits per heavy atom. The molecular weight excluding hydrogens is 330 g/mol. The van der Waals surface area contributed by atoms with Crippen molar-refractivity contribution in [1.82, 2.24) is 24.7 Å². The number of anilines is 2. The van der Waals surface area contributed by atoms with Gasteiger partial charge >= 0.3 is 0 Å². The molecule has 3 aromatic heterocycles. The maximum Gasteiger partial charge on any atom is 0.151 e. The number of nitrogens with two attached hydrogens (primary N) is 1. The van der Waals surface area contributed by atoms with Gasteiger partial charge in [0.25, 0.3) is 0 Å². The van der Waals surface area contributed by atoms with Crippen molar-refractivity contribution < 1.29 is 5.11 Å². The molecule has 0 saturated heterocycles. The zero-order chi connectivity index (χ0) is 18.3. The number of nitrogens with one attached hydrogen (secondary N) is 1. The molecule has 0 bridgehead atoms. The summed E-state index contributed by atoms with van der Waals surface area (Å²) in [5.41, 5.74) is 10.0. The monoisotopic (exact) mass is 353 g/mol. The first-order chi connectivity index (χ1) is 12.5. The summed E-state index contributed by atoms with van der Waals surface area (Å²) in [6.45, 7) is 2.04. The highest BCUT2D eigenvalue weighted by atomic mass is 16.3. The number of pyridine rings is 1. The summed E-state index contributed by atoms with van der Waals surface area (Å²) >= 11 is 0. The van der Waals surface area contributed by atoms with E-state index in [4.69, 9.17) is 15.7 Å². The standard InChI is InChI=1S/C18H23N7O/c1-3-14-18(22-11-4-5-12(26)6-11)24-15-13(10-7-21-25(2)9-10)8-20-17(19)16(15)23-14/h7-9,11-12,26H,3-6H2,1-2H3,(H2,19,20)(H,22,24)/t11-,12+/m1/s1. The molecule has 8 nitrogen and oxygen atoms in total. The highest BCUT2D eigenvalue weighted by Crippen LogP contribution is 2.31. The van der Waals surface area contributed by atoms with Gasteiger partial charge in [0.1, 0.15) is 16.9 Å². The van der Waals surface area contributed by atoms with Crippen LogP contribution in [-0.2, 0) is 13.5 Å². The summed E-state index contributed by atoms with van der Waals surface area (Å²) in [5.74, 6) is 1.13. The van der Waals surface area contributed by atoms with Crippen LogP contribution in [0.3, 0.4) is 0 Å². The molecule has 1 aliphatic rings. The van der Waals surface area contributed by atoms with Gasteiger partial charge in [-0.05, 0) is 25.7 Å². The molecule has 3 heterocycles. The largest absolute Gasteiger partial charge is 0.393 e. The zero-order valence-corrected chi connectivity index (χ0v) is 15.0. The van der Waals surface area contributed by atoms with Crippen LogP contribution in [0.4, 0.5) is 11.6 Å². The van der Waals surface area contributed by atoms with E-state index in [2.05, 4.69) is 15.4 Å². The summed E-state index contributed by atoms with van der Waals surface area (Å²) < 4.78 is 1.74. The van der Waals surface area contributed by atoms with Gasteiger partial charge in [-0.3, -0.25) is 4.68 Å². The lowest BCUT2D eigenvalue weighted by molar-refractivity contribution is 0.182. The number of aliphatic hydroxyl groups excluding tert-OH is 1. The van der Waals surface area contributed by atoms with Gasteiger partial charge in [0, 0.05) is 36.6 Å². The van der Waals surface area contributed by atoms with Crippen LogP contribution in [-0.4, -0.2) is 42.0 Å². The first-order valence-electron chi connectivity index (χ1n) is 8.94. The molecule has 8 heteroatoms. The minimum Gasteiger partial charge on any atom is -0.393 e. The van der Waals surface area contributed by atoms with Crippen molar-refractivity contribution in [2.24, 2.45) is 7.05 Å². The summed E-state index contributed by atoms with van der Waals surface area (Å²) in [6, 6.07) is 0.211. The topological polar surface area (TPSA) is 115 Å². The van der Waals surface area contributed by atoms with Crippen molar-refractivity contribution >= 4 is 22.7 Å². The van der Waals surface area contributed by atoms with Crippen LogP contribution in [0.15, 0.2) is 18.6 Å². The van der Waals surface area contributed by atoms with Gasteiger partial charge < -0.3 is 16.2 Å². The van der Waals surface area contributed by atoms with Crippen molar-refractivity contribution in [2.45, 2.75) is 44.8 Å². The molecule has 2 atom stereocenters. The molecule has 3 aromatic rings. The number of nitrogens with zero attached hydrogens (tertiary/aromatic N) is 5. The molecule has 0 amide bonds. The Kier molecular flexibility index (Phi) is 4.20. The van der Waals surface area contributed by atoms with Gasteiger partial charge in [-0.2, -0.15) is 5.10 Å². The van der Waals surface area contributed by atoms with Crippen molar-refractivity contribution in [1.29, 1.82) is 0 Å². The quantitative estimate of drug-likeness (QED) is 0.656. The molecule has 26 heavy (non-hydrogen) atoms. The summed E-state index contributed by atoms with van der Waals surface area (Å²) in [5, 5.41) is 17.5. The van der Waals surface area contributed by atoms with Crippen LogP contribution in [0.2, 0.25) is 0 Å². The fourth-order valence-electron chi connectivity index (χ4n) is 3.51. The van der Waals surface area contributed by atoms with Crippen LogP contribution < -0.4 is 11.1 Å². The Balaban J connectivity index is 1.84. The zero-order valence-electron chi connectivity index (χ0n) is 15.0. The van der Waals surface area contributed by atoms with Gasteiger partial charge in [0.05, 0.1) is 18.0 Å². The lowest BCUT2D eigenvalue weighted by atomic mass is 10.1. The molecular formula is C18H23N7O. The highest BCUT2D eigenvalue weighted by Gasteiger charge is 2.24. The molecule has 136 valence electrons. The Morgan fingerprint density at radius 3 is 2.77 bits per heavy atom. The third-order valence-corrected chi connectivity index (χ3v) is 4.90. The Morgan fingerprint density at radius 2 is 2.12 bits per heavy atom. The molecule has 0 radical (unpaired) electrons. The minimum absolute atomic E-state index is 0.211. The summed E-state index contributed by atoms with van der Waals surface area (Å²) in [6.07, 6.45) is 8.39. The van der Waals surface area contributed by atoms with Crippen LogP contribution in [0.25, 0.3) is 22.2 Å². The average molecular weight is 353 g/mol. The van der Waals surface area contributed by atoms with E-state index in [0.717, 1.165) is 48.3 Å². The molecule has 1 fully saturated rings. The lowest BCUT2D eigenvalue weighted by Crippen LogP contribution is -2.19. The second-order valence-electron chi connectivity index (χ2n) is 6.84. The van der Waals surface area contributed by atoms with E-state index in [9.17, 15) is 5.11 Å². The number of aliphatic hydroxyl groups is 1. The Bertz CT molecular complexity index is 952. The summed E-state index contributed by atoms with van der Waals surface area (Å²) in [7, 11) is 1.87. The fourth-order valence-corrected chi connectivity index (χ4v) is 3.51. The molecule has 1 saturated carbocycles. The number of aryl methyl sites for hydroxylation is 2. The molecule has 0 aromatic carbocycles. The Hall–Kier alpha value is -2.74. The maximum atomic E-state index is 9.80. The van der Waals surface area contributed by atoms with Crippen molar-refractivity contribution in [3.8, 4) is 11.1 Å². The molecule has 4 rings (SSSR count). The lowest BCUT2D eigenvalue weighted by Gasteiger charge is -2.17. The normalized spacial score (nSPS) is 20.0. The first-order valence-corrected chi connectivity index (χ1v) is 8.94. The van der Waals surface area contributed by atoms with Crippen LogP contribution in [0.1, 0.15) is 31.9 Å². The SMILES string of the molecule is CCc1nc2c(N)ncc(-c3cnn(C)c3)c2nc1N[C@@H]1CC[C@H](O)C1. The second-order valence-corrected chi connectivity index (χ2v) is 6.84. The fraction of sp³-hybridized carbons (Fsp3) is 0.444. The maximum absolute atomic E-state index is 9.80. The predicted molar refractivity (Wildman–Crippen MR) is 101 cm³/mol. The first kappa shape index (κ1) is 16.7. The van der Waals surface area contributed by atoms with Crippen molar-refractivity contribution in [3.63, 3.8) is 0 Å². The van der Waals surface area contributed by atoms with Gasteiger partial charge in [-0.1, -0.05) is 6.92 Å². The van der Waals surface area contributed by atoms with E-state index < -0.39 is 0 Å². The smallest absolute Gasteiger partial charge is 0.151 e. The van der Waals surface area contributed by atoms with Crippen molar-refractivity contribution in [3.05, 3.63) is 24.3 Å². The van der Waals surface area contributed by atoms with Gasteiger partial charge in [0.15, 0.2) is 5.82 Å². The molecule has 4 N–H and O–H groups in total. The van der Waals surface area contributed by atoms with Gasteiger partial charge in [0.2, 0.25) is 0 Å². The average Bonchev–Trinajstić information content (AvgIpc) is 3.23. The Labute approximate surface area is 151 Å². The third kappa shape index (κ3) is 2.96. The number of hydrogen-bond donors (Lipinski definition) is 3. The van der Waals surface area contributed by atoms with Gasteiger partial charge in [-0.15, -0.1) is 0 Å². The molecule has 0 aliphatic heterocycles. The van der Waals surface area contributed by atoms with Gasteiger partial charge in [-0.25, -0.2) is 15.0 Å². The van der Waals surface area contributed by atoms with E-state index in [1.54, 1.807) is 17.1 Å². The number of hydrogen-bond acceptors (Lipinski definition) is 7. The van der Waals surface area contributed by atoms with E-state index in [-0.39, 0.29) is 12.1 Å². The summed E-state index contributed by atoms with van der Waals surface area (Å²) in [4.78, 5) is 13.9. The van der Waals surface area contributed by atoms with E-state index in [1.165, 1.54) is 0 Å². The molecule has 0 unspecified atom stereocenters. The third-order valence-electron chi connectivity index (χ3n) is 4.90. The van der Waals surface area contributed by atoms with E-state index in [1.807, 2.05) is 20.2 Å². The predicted octanol–water partition coefficient (Wildman–Crippen LogP) is 1.90. The highest BCUT2D eigenvalue weighted by molar-refractivity contribution is 5.96. The number of nitrogen functional groups attached to an aromatic ring is 1. The number of fused-ring (bicyclic) bond motifs is 1. The van der Waals surface area contributed by atoms with Crippen molar-refractivity contribution in [2.75, 3.05) is 11.1 Å². The van der Waals surface area contributed by atoms with Crippen LogP contribution in [0.5, 0.6) is 0 Å². The minimum atomic E-state index is -0.239. The van der Waals surface area contributed by atoms with E-state index >= 15 is 0 Å².